The van der Waals surface area contributed by atoms with Gasteiger partial charge in [-0.3, -0.25) is 9.69 Å². The van der Waals surface area contributed by atoms with Gasteiger partial charge in [-0.2, -0.15) is 0 Å². The van der Waals surface area contributed by atoms with E-state index in [4.69, 9.17) is 0 Å². The maximum atomic E-state index is 12.5. The number of carbonyl (C=O) groups is 1. The van der Waals surface area contributed by atoms with E-state index in [2.05, 4.69) is 24.1 Å². The van der Waals surface area contributed by atoms with E-state index in [1.54, 1.807) is 0 Å². The molecule has 0 aromatic carbocycles. The van der Waals surface area contributed by atoms with Crippen molar-refractivity contribution in [1.82, 2.24) is 10.2 Å². The number of carbonyl (C=O) groups excluding carboxylic acids is 1. The first kappa shape index (κ1) is 31.4. The summed E-state index contributed by atoms with van der Waals surface area (Å²) in [6.07, 6.45) is 26.6. The van der Waals surface area contributed by atoms with Crippen molar-refractivity contribution >= 4 is 5.91 Å². The standard InChI is InChI=1S/C30H60N2O2/c1-3-5-7-9-11-14-19-28(20-15-12-10-8-6-4-2)27-31-30(34)23-16-13-17-24-32(25-26-33)29-21-18-22-29/h28-29,33H,3-27H2,1-2H3,(H,31,34). The van der Waals surface area contributed by atoms with Crippen LogP contribution in [0.4, 0.5) is 0 Å². The Labute approximate surface area is 213 Å². The number of unbranched alkanes of at least 4 members (excludes halogenated alkanes) is 12. The summed E-state index contributed by atoms with van der Waals surface area (Å²) in [6, 6.07) is 0.700. The monoisotopic (exact) mass is 480 g/mol. The average Bonchev–Trinajstić information content (AvgIpc) is 2.80. The van der Waals surface area contributed by atoms with Crippen molar-refractivity contribution in [3.8, 4) is 0 Å². The van der Waals surface area contributed by atoms with Crippen LogP contribution < -0.4 is 5.32 Å². The number of rotatable bonds is 25. The molecular weight excluding hydrogens is 420 g/mol. The third-order valence-electron chi connectivity index (χ3n) is 7.85. The zero-order valence-electron chi connectivity index (χ0n) is 23.1. The fourth-order valence-corrected chi connectivity index (χ4v) is 5.26. The molecule has 1 fully saturated rings. The lowest BCUT2D eigenvalue weighted by Crippen LogP contribution is -2.42. The van der Waals surface area contributed by atoms with Crippen LogP contribution in [-0.2, 0) is 4.79 Å². The van der Waals surface area contributed by atoms with Crippen LogP contribution in [-0.4, -0.2) is 48.2 Å². The van der Waals surface area contributed by atoms with Gasteiger partial charge in [-0.25, -0.2) is 0 Å². The highest BCUT2D eigenvalue weighted by molar-refractivity contribution is 5.75. The molecule has 0 spiro atoms. The van der Waals surface area contributed by atoms with E-state index in [0.29, 0.717) is 18.4 Å². The SMILES string of the molecule is CCCCCCCCC(CCCCCCCC)CNC(=O)CCCCCN(CCO)C1CCC1. The predicted octanol–water partition coefficient (Wildman–Crippen LogP) is 7.63. The molecule has 34 heavy (non-hydrogen) atoms. The summed E-state index contributed by atoms with van der Waals surface area (Å²) in [7, 11) is 0. The first-order valence-corrected chi connectivity index (χ1v) is 15.3. The third-order valence-corrected chi connectivity index (χ3v) is 7.85. The minimum Gasteiger partial charge on any atom is -0.395 e. The van der Waals surface area contributed by atoms with Crippen molar-refractivity contribution in [2.24, 2.45) is 5.92 Å². The highest BCUT2D eigenvalue weighted by atomic mass is 16.3. The summed E-state index contributed by atoms with van der Waals surface area (Å²) >= 11 is 0. The van der Waals surface area contributed by atoms with Gasteiger partial charge in [-0.1, -0.05) is 104 Å². The molecule has 1 saturated carbocycles. The van der Waals surface area contributed by atoms with Gasteiger partial charge in [-0.15, -0.1) is 0 Å². The fraction of sp³-hybridized carbons (Fsp3) is 0.967. The Hall–Kier alpha value is -0.610. The van der Waals surface area contributed by atoms with Crippen LogP contribution >= 0.6 is 0 Å². The van der Waals surface area contributed by atoms with Gasteiger partial charge in [0.15, 0.2) is 0 Å². The van der Waals surface area contributed by atoms with Crippen LogP contribution in [0.3, 0.4) is 0 Å². The van der Waals surface area contributed by atoms with E-state index >= 15 is 0 Å². The quantitative estimate of drug-likeness (QED) is 0.132. The molecule has 4 heteroatoms. The Morgan fingerprint density at radius 1 is 0.794 bits per heavy atom. The van der Waals surface area contributed by atoms with Gasteiger partial charge >= 0.3 is 0 Å². The Morgan fingerprint density at radius 2 is 1.35 bits per heavy atom. The first-order chi connectivity index (χ1) is 16.7. The summed E-state index contributed by atoms with van der Waals surface area (Å²) in [4.78, 5) is 14.9. The molecule has 1 aliphatic rings. The summed E-state index contributed by atoms with van der Waals surface area (Å²) in [6.45, 7) is 7.59. The van der Waals surface area contributed by atoms with Gasteiger partial charge in [0, 0.05) is 25.6 Å². The molecule has 0 heterocycles. The van der Waals surface area contributed by atoms with Gasteiger partial charge in [0.2, 0.25) is 5.91 Å². The Morgan fingerprint density at radius 3 is 1.88 bits per heavy atom. The Balaban J connectivity index is 2.18. The molecule has 0 aromatic heterocycles. The smallest absolute Gasteiger partial charge is 0.220 e. The van der Waals surface area contributed by atoms with E-state index in [-0.39, 0.29) is 12.5 Å². The number of amides is 1. The summed E-state index contributed by atoms with van der Waals surface area (Å²) in [5.74, 6) is 0.915. The lowest BCUT2D eigenvalue weighted by molar-refractivity contribution is -0.121. The number of nitrogens with one attached hydrogen (secondary N) is 1. The molecule has 1 rings (SSSR count). The van der Waals surface area contributed by atoms with Gasteiger partial charge in [0.1, 0.15) is 0 Å². The highest BCUT2D eigenvalue weighted by Crippen LogP contribution is 2.25. The number of aliphatic hydroxyl groups excluding tert-OH is 1. The van der Waals surface area contributed by atoms with E-state index in [1.165, 1.54) is 109 Å². The minimum atomic E-state index is 0.252. The molecule has 0 aliphatic heterocycles. The molecule has 1 aliphatic carbocycles. The van der Waals surface area contributed by atoms with Crippen molar-refractivity contribution < 1.29 is 9.90 Å². The van der Waals surface area contributed by atoms with Crippen molar-refractivity contribution in [3.05, 3.63) is 0 Å². The lowest BCUT2D eigenvalue weighted by Gasteiger charge is -2.37. The average molecular weight is 481 g/mol. The van der Waals surface area contributed by atoms with Gasteiger partial charge in [0.05, 0.1) is 6.61 Å². The fourth-order valence-electron chi connectivity index (χ4n) is 5.26. The molecule has 0 bridgehead atoms. The number of aliphatic hydroxyl groups is 1. The van der Waals surface area contributed by atoms with E-state index < -0.39 is 0 Å². The molecular formula is C30H60N2O2. The molecule has 2 N–H and O–H groups in total. The van der Waals surface area contributed by atoms with Crippen molar-refractivity contribution in [2.45, 2.75) is 155 Å². The van der Waals surface area contributed by atoms with Crippen LogP contribution in [0.15, 0.2) is 0 Å². The zero-order valence-corrected chi connectivity index (χ0v) is 23.1. The second-order valence-electron chi connectivity index (χ2n) is 10.9. The molecule has 0 radical (unpaired) electrons. The van der Waals surface area contributed by atoms with E-state index in [1.807, 2.05) is 0 Å². The van der Waals surface area contributed by atoms with Crippen LogP contribution in [0.25, 0.3) is 0 Å². The Bertz CT molecular complexity index is 437. The maximum absolute atomic E-state index is 12.5. The number of hydrogen-bond acceptors (Lipinski definition) is 3. The lowest BCUT2D eigenvalue weighted by atomic mass is 9.91. The van der Waals surface area contributed by atoms with Crippen molar-refractivity contribution in [2.75, 3.05) is 26.2 Å². The predicted molar refractivity (Wildman–Crippen MR) is 147 cm³/mol. The second-order valence-corrected chi connectivity index (χ2v) is 10.9. The summed E-state index contributed by atoms with van der Waals surface area (Å²) in [5, 5.41) is 12.6. The number of nitrogens with zero attached hydrogens (tertiary/aromatic N) is 1. The van der Waals surface area contributed by atoms with E-state index in [0.717, 1.165) is 38.9 Å². The topological polar surface area (TPSA) is 52.6 Å². The molecule has 0 atom stereocenters. The van der Waals surface area contributed by atoms with Crippen molar-refractivity contribution in [3.63, 3.8) is 0 Å². The first-order valence-electron chi connectivity index (χ1n) is 15.3. The van der Waals surface area contributed by atoms with Gasteiger partial charge < -0.3 is 10.4 Å². The minimum absolute atomic E-state index is 0.252. The maximum Gasteiger partial charge on any atom is 0.220 e. The van der Waals surface area contributed by atoms with Crippen LogP contribution in [0.2, 0.25) is 0 Å². The summed E-state index contributed by atoms with van der Waals surface area (Å²) in [5.41, 5.74) is 0. The third kappa shape index (κ3) is 16.9. The highest BCUT2D eigenvalue weighted by Gasteiger charge is 2.23. The molecule has 0 unspecified atom stereocenters. The van der Waals surface area contributed by atoms with Gasteiger partial charge in [-0.05, 0) is 51.0 Å². The largest absolute Gasteiger partial charge is 0.395 e. The molecule has 0 aromatic rings. The zero-order chi connectivity index (χ0) is 24.7. The summed E-state index contributed by atoms with van der Waals surface area (Å²) < 4.78 is 0. The molecule has 202 valence electrons. The van der Waals surface area contributed by atoms with Crippen LogP contribution in [0.5, 0.6) is 0 Å². The number of hydrogen-bond donors (Lipinski definition) is 2. The normalized spacial score (nSPS) is 14.1. The second kappa shape index (κ2) is 22.8. The van der Waals surface area contributed by atoms with Crippen LogP contribution in [0, 0.1) is 5.92 Å². The van der Waals surface area contributed by atoms with E-state index in [9.17, 15) is 9.90 Å². The Kier molecular flexibility index (Phi) is 21.1. The molecule has 0 saturated heterocycles. The van der Waals surface area contributed by atoms with Gasteiger partial charge in [0.25, 0.3) is 0 Å². The van der Waals surface area contributed by atoms with Crippen LogP contribution in [0.1, 0.15) is 149 Å². The van der Waals surface area contributed by atoms with Crippen molar-refractivity contribution in [1.29, 1.82) is 0 Å². The molecule has 4 nitrogen and oxygen atoms in total. The molecule has 1 amide bonds.